The maximum Gasteiger partial charge on any atom is 0.334 e. The number of aliphatic hydroxyl groups is 1. The van der Waals surface area contributed by atoms with E-state index >= 15 is 0 Å². The number of carboxylic acids is 1. The molecule has 1 aromatic heterocycles. The number of aromatic nitrogens is 1. The largest absolute Gasteiger partial charge is 0.479 e. The molecule has 0 fully saturated rings. The van der Waals surface area contributed by atoms with E-state index in [9.17, 15) is 9.59 Å². The lowest BCUT2D eigenvalue weighted by molar-refractivity contribution is -0.146. The Hall–Kier alpha value is -1.82. The van der Waals surface area contributed by atoms with E-state index in [1.165, 1.54) is 0 Å². The van der Waals surface area contributed by atoms with Gasteiger partial charge in [-0.3, -0.25) is 4.79 Å². The number of carbonyl (C=O) groups excluding carboxylic acids is 1. The fourth-order valence-electron chi connectivity index (χ4n) is 0.843. The Kier molecular flexibility index (Phi) is 3.24. The number of amides is 1. The highest BCUT2D eigenvalue weighted by atomic mass is 16.4. The van der Waals surface area contributed by atoms with Crippen molar-refractivity contribution in [2.45, 2.75) is 6.10 Å². The van der Waals surface area contributed by atoms with Gasteiger partial charge in [-0.15, -0.1) is 0 Å². The molecule has 0 radical (unpaired) electrons. The summed E-state index contributed by atoms with van der Waals surface area (Å²) in [5.74, 6) is -1.81. The number of carboxylic acid groups (broad SMARTS) is 1. The standard InChI is InChI=1S/C8H10N2O4/c11-6(8(13)14)4-10-7(12)5-2-1-3-9-5/h1-3,6,9,11H,4H2,(H,10,12)(H,13,14). The number of aromatic amines is 1. The van der Waals surface area contributed by atoms with Gasteiger partial charge in [-0.05, 0) is 12.1 Å². The van der Waals surface area contributed by atoms with Crippen LogP contribution in [-0.4, -0.2) is 39.7 Å². The monoisotopic (exact) mass is 198 g/mol. The minimum absolute atomic E-state index is 0.312. The average molecular weight is 198 g/mol. The van der Waals surface area contributed by atoms with Gasteiger partial charge in [0.15, 0.2) is 6.10 Å². The highest BCUT2D eigenvalue weighted by molar-refractivity contribution is 5.92. The Morgan fingerprint density at radius 2 is 2.29 bits per heavy atom. The zero-order valence-corrected chi connectivity index (χ0v) is 7.23. The molecule has 0 aliphatic carbocycles. The molecule has 0 bridgehead atoms. The molecule has 1 aromatic rings. The second-order valence-corrected chi connectivity index (χ2v) is 2.65. The molecule has 0 aliphatic heterocycles. The van der Waals surface area contributed by atoms with Crippen molar-refractivity contribution in [1.82, 2.24) is 10.3 Å². The van der Waals surface area contributed by atoms with Crippen molar-refractivity contribution in [2.24, 2.45) is 0 Å². The molecule has 1 rings (SSSR count). The van der Waals surface area contributed by atoms with Gasteiger partial charge in [0.05, 0.1) is 6.54 Å². The number of carbonyl (C=O) groups is 2. The van der Waals surface area contributed by atoms with E-state index in [-0.39, 0.29) is 6.54 Å². The molecule has 1 atom stereocenters. The smallest absolute Gasteiger partial charge is 0.334 e. The van der Waals surface area contributed by atoms with Crippen molar-refractivity contribution in [2.75, 3.05) is 6.54 Å². The molecule has 1 unspecified atom stereocenters. The maximum atomic E-state index is 11.2. The number of H-pyrrole nitrogens is 1. The lowest BCUT2D eigenvalue weighted by atomic mass is 10.3. The highest BCUT2D eigenvalue weighted by Gasteiger charge is 2.14. The zero-order chi connectivity index (χ0) is 10.6. The van der Waals surface area contributed by atoms with Gasteiger partial charge in [-0.25, -0.2) is 4.79 Å². The molecule has 1 amide bonds. The van der Waals surface area contributed by atoms with Gasteiger partial charge in [-0.2, -0.15) is 0 Å². The number of aliphatic carboxylic acids is 1. The van der Waals surface area contributed by atoms with E-state index in [0.717, 1.165) is 0 Å². The molecule has 76 valence electrons. The Labute approximate surface area is 79.6 Å². The minimum Gasteiger partial charge on any atom is -0.479 e. The fourth-order valence-corrected chi connectivity index (χ4v) is 0.843. The summed E-state index contributed by atoms with van der Waals surface area (Å²) in [6, 6.07) is 3.19. The van der Waals surface area contributed by atoms with Gasteiger partial charge in [0.1, 0.15) is 5.69 Å². The molecule has 0 saturated carbocycles. The van der Waals surface area contributed by atoms with Crippen molar-refractivity contribution in [1.29, 1.82) is 0 Å². The van der Waals surface area contributed by atoms with Crippen LogP contribution in [0.4, 0.5) is 0 Å². The van der Waals surface area contributed by atoms with Crippen molar-refractivity contribution >= 4 is 11.9 Å². The summed E-state index contributed by atoms with van der Waals surface area (Å²) in [6.07, 6.45) is -0.00312. The van der Waals surface area contributed by atoms with E-state index < -0.39 is 18.0 Å². The predicted molar refractivity (Wildman–Crippen MR) is 46.8 cm³/mol. The Balaban J connectivity index is 2.40. The van der Waals surface area contributed by atoms with Gasteiger partial charge in [0, 0.05) is 6.20 Å². The summed E-state index contributed by atoms with van der Waals surface area (Å²) >= 11 is 0. The van der Waals surface area contributed by atoms with E-state index in [1.807, 2.05) is 0 Å². The normalized spacial score (nSPS) is 12.1. The van der Waals surface area contributed by atoms with Crippen molar-refractivity contribution < 1.29 is 19.8 Å². The SMILES string of the molecule is O=C(NCC(O)C(=O)O)c1ccc[nH]1. The highest BCUT2D eigenvalue weighted by Crippen LogP contribution is 1.93. The van der Waals surface area contributed by atoms with E-state index in [1.54, 1.807) is 18.3 Å². The third kappa shape index (κ3) is 2.60. The fraction of sp³-hybridized carbons (Fsp3) is 0.250. The number of hydrogen-bond acceptors (Lipinski definition) is 3. The van der Waals surface area contributed by atoms with E-state index in [0.29, 0.717) is 5.69 Å². The summed E-state index contributed by atoms with van der Waals surface area (Å²) < 4.78 is 0. The lowest BCUT2D eigenvalue weighted by Gasteiger charge is -2.06. The average Bonchev–Trinajstić information content (AvgIpc) is 2.66. The van der Waals surface area contributed by atoms with Gasteiger partial charge < -0.3 is 20.5 Å². The summed E-state index contributed by atoms with van der Waals surface area (Å²) in [5, 5.41) is 19.4. The number of aliphatic hydroxyl groups excluding tert-OH is 1. The third-order valence-corrected chi connectivity index (χ3v) is 1.58. The molecular formula is C8H10N2O4. The molecule has 4 N–H and O–H groups in total. The molecule has 6 nitrogen and oxygen atoms in total. The van der Waals surface area contributed by atoms with Crippen LogP contribution in [0.15, 0.2) is 18.3 Å². The maximum absolute atomic E-state index is 11.2. The van der Waals surface area contributed by atoms with Crippen LogP contribution in [0, 0.1) is 0 Å². The first-order chi connectivity index (χ1) is 6.61. The van der Waals surface area contributed by atoms with E-state index in [2.05, 4.69) is 10.3 Å². The van der Waals surface area contributed by atoms with Crippen molar-refractivity contribution in [3.8, 4) is 0 Å². The second-order valence-electron chi connectivity index (χ2n) is 2.65. The topological polar surface area (TPSA) is 102 Å². The Morgan fingerprint density at radius 3 is 2.79 bits per heavy atom. The summed E-state index contributed by atoms with van der Waals surface area (Å²) in [4.78, 5) is 24.0. The molecule has 0 spiro atoms. The molecule has 0 saturated heterocycles. The van der Waals surface area contributed by atoms with Crippen LogP contribution >= 0.6 is 0 Å². The van der Waals surface area contributed by atoms with Crippen molar-refractivity contribution in [3.05, 3.63) is 24.0 Å². The first-order valence-electron chi connectivity index (χ1n) is 3.93. The van der Waals surface area contributed by atoms with Crippen LogP contribution < -0.4 is 5.32 Å². The van der Waals surface area contributed by atoms with Crippen molar-refractivity contribution in [3.63, 3.8) is 0 Å². The Bertz CT molecular complexity index is 320. The van der Waals surface area contributed by atoms with Gasteiger partial charge in [-0.1, -0.05) is 0 Å². The van der Waals surface area contributed by atoms with Gasteiger partial charge >= 0.3 is 5.97 Å². The second kappa shape index (κ2) is 4.43. The number of rotatable bonds is 4. The number of nitrogens with one attached hydrogen (secondary N) is 2. The minimum atomic E-state index is -1.58. The molecule has 6 heteroatoms. The first kappa shape index (κ1) is 10.3. The predicted octanol–water partition coefficient (Wildman–Crippen LogP) is -0.810. The zero-order valence-electron chi connectivity index (χ0n) is 7.23. The van der Waals surface area contributed by atoms with Gasteiger partial charge in [0.2, 0.25) is 0 Å². The number of hydrogen-bond donors (Lipinski definition) is 4. The molecule has 0 aliphatic rings. The molecular weight excluding hydrogens is 188 g/mol. The summed E-state index contributed by atoms with van der Waals surface area (Å²) in [6.45, 7) is -0.312. The molecule has 1 heterocycles. The first-order valence-corrected chi connectivity index (χ1v) is 3.93. The van der Waals surface area contributed by atoms with Crippen LogP contribution in [-0.2, 0) is 4.79 Å². The molecule has 14 heavy (non-hydrogen) atoms. The van der Waals surface area contributed by atoms with Crippen LogP contribution in [0.25, 0.3) is 0 Å². The van der Waals surface area contributed by atoms with Crippen LogP contribution in [0.2, 0.25) is 0 Å². The van der Waals surface area contributed by atoms with Gasteiger partial charge in [0.25, 0.3) is 5.91 Å². The quantitative estimate of drug-likeness (QED) is 0.508. The Morgan fingerprint density at radius 1 is 1.57 bits per heavy atom. The van der Waals surface area contributed by atoms with E-state index in [4.69, 9.17) is 10.2 Å². The van der Waals surface area contributed by atoms with Crippen LogP contribution in [0.5, 0.6) is 0 Å². The molecule has 0 aromatic carbocycles. The lowest BCUT2D eigenvalue weighted by Crippen LogP contribution is -2.36. The van der Waals surface area contributed by atoms with Crippen LogP contribution in [0.1, 0.15) is 10.5 Å². The summed E-state index contributed by atoms with van der Waals surface area (Å²) in [7, 11) is 0. The summed E-state index contributed by atoms with van der Waals surface area (Å²) in [5.41, 5.74) is 0.322. The third-order valence-electron chi connectivity index (χ3n) is 1.58. The van der Waals surface area contributed by atoms with Crippen LogP contribution in [0.3, 0.4) is 0 Å².